The zero-order valence-corrected chi connectivity index (χ0v) is 8.81. The summed E-state index contributed by atoms with van der Waals surface area (Å²) in [5.74, 6) is 0.901. The minimum atomic E-state index is -0.0131. The summed E-state index contributed by atoms with van der Waals surface area (Å²) in [5.41, 5.74) is 6.72. The SMILES string of the molecule is CC(N)c1ccc(N2CCCC2=O)nc1. The summed E-state index contributed by atoms with van der Waals surface area (Å²) in [7, 11) is 0. The van der Waals surface area contributed by atoms with E-state index in [9.17, 15) is 4.79 Å². The highest BCUT2D eigenvalue weighted by molar-refractivity contribution is 5.94. The van der Waals surface area contributed by atoms with E-state index in [1.165, 1.54) is 0 Å². The molecule has 0 radical (unpaired) electrons. The molecular weight excluding hydrogens is 190 g/mol. The Morgan fingerprint density at radius 2 is 2.33 bits per heavy atom. The minimum Gasteiger partial charge on any atom is -0.324 e. The van der Waals surface area contributed by atoms with Gasteiger partial charge in [0.05, 0.1) is 0 Å². The van der Waals surface area contributed by atoms with Gasteiger partial charge in [-0.05, 0) is 25.0 Å². The lowest BCUT2D eigenvalue weighted by atomic mass is 10.1. The van der Waals surface area contributed by atoms with Gasteiger partial charge in [0.15, 0.2) is 0 Å². The first-order valence-corrected chi connectivity index (χ1v) is 5.20. The fourth-order valence-electron chi connectivity index (χ4n) is 1.72. The molecule has 15 heavy (non-hydrogen) atoms. The predicted molar refractivity (Wildman–Crippen MR) is 58.4 cm³/mol. The third-order valence-corrected chi connectivity index (χ3v) is 2.65. The van der Waals surface area contributed by atoms with Crippen molar-refractivity contribution in [1.29, 1.82) is 0 Å². The quantitative estimate of drug-likeness (QED) is 0.790. The van der Waals surface area contributed by atoms with Crippen LogP contribution in [0.25, 0.3) is 0 Å². The number of nitrogens with zero attached hydrogens (tertiary/aromatic N) is 2. The zero-order chi connectivity index (χ0) is 10.8. The van der Waals surface area contributed by atoms with Crippen molar-refractivity contribution < 1.29 is 4.79 Å². The Labute approximate surface area is 89.1 Å². The van der Waals surface area contributed by atoms with Crippen LogP contribution in [0.4, 0.5) is 5.82 Å². The lowest BCUT2D eigenvalue weighted by molar-refractivity contribution is -0.117. The van der Waals surface area contributed by atoms with E-state index < -0.39 is 0 Å². The molecule has 0 aliphatic carbocycles. The number of hydrogen-bond donors (Lipinski definition) is 1. The first-order valence-electron chi connectivity index (χ1n) is 5.20. The molecule has 1 unspecified atom stereocenters. The average molecular weight is 205 g/mol. The molecule has 2 heterocycles. The number of hydrogen-bond acceptors (Lipinski definition) is 3. The molecule has 1 aliphatic heterocycles. The Hall–Kier alpha value is -1.42. The first kappa shape index (κ1) is 10.1. The van der Waals surface area contributed by atoms with Crippen LogP contribution >= 0.6 is 0 Å². The molecule has 4 heteroatoms. The maximum absolute atomic E-state index is 11.5. The van der Waals surface area contributed by atoms with Gasteiger partial charge in [-0.2, -0.15) is 0 Å². The van der Waals surface area contributed by atoms with Crippen LogP contribution < -0.4 is 10.6 Å². The van der Waals surface area contributed by atoms with Crippen molar-refractivity contribution in [2.45, 2.75) is 25.8 Å². The van der Waals surface area contributed by atoms with E-state index in [1.807, 2.05) is 19.1 Å². The molecule has 4 nitrogen and oxygen atoms in total. The monoisotopic (exact) mass is 205 g/mol. The molecule has 2 N–H and O–H groups in total. The van der Waals surface area contributed by atoms with Crippen molar-refractivity contribution in [2.75, 3.05) is 11.4 Å². The number of pyridine rings is 1. The Bertz CT molecular complexity index is 359. The van der Waals surface area contributed by atoms with Gasteiger partial charge in [-0.25, -0.2) is 4.98 Å². The molecule has 1 fully saturated rings. The molecular formula is C11H15N3O. The smallest absolute Gasteiger partial charge is 0.228 e. The van der Waals surface area contributed by atoms with Gasteiger partial charge >= 0.3 is 0 Å². The van der Waals surface area contributed by atoms with Crippen molar-refractivity contribution in [1.82, 2.24) is 4.98 Å². The predicted octanol–water partition coefficient (Wildman–Crippen LogP) is 1.23. The molecule has 1 amide bonds. The number of amides is 1. The second kappa shape index (κ2) is 3.98. The number of carbonyl (C=O) groups excluding carboxylic acids is 1. The van der Waals surface area contributed by atoms with E-state index in [2.05, 4.69) is 4.98 Å². The van der Waals surface area contributed by atoms with Gasteiger partial charge in [-0.15, -0.1) is 0 Å². The zero-order valence-electron chi connectivity index (χ0n) is 8.81. The number of carbonyl (C=O) groups is 1. The maximum atomic E-state index is 11.5. The summed E-state index contributed by atoms with van der Waals surface area (Å²) in [4.78, 5) is 17.4. The largest absolute Gasteiger partial charge is 0.324 e. The molecule has 1 aromatic heterocycles. The number of anilines is 1. The number of aromatic nitrogens is 1. The van der Waals surface area contributed by atoms with Crippen LogP contribution in [0.3, 0.4) is 0 Å². The highest BCUT2D eigenvalue weighted by Crippen LogP contribution is 2.20. The molecule has 1 aromatic rings. The Morgan fingerprint density at radius 1 is 1.53 bits per heavy atom. The average Bonchev–Trinajstić information content (AvgIpc) is 2.65. The van der Waals surface area contributed by atoms with Crippen LogP contribution in [-0.2, 0) is 4.79 Å². The summed E-state index contributed by atoms with van der Waals surface area (Å²) in [6.45, 7) is 2.70. The van der Waals surface area contributed by atoms with E-state index in [0.717, 1.165) is 24.3 Å². The summed E-state index contributed by atoms with van der Waals surface area (Å²) in [5, 5.41) is 0. The molecule has 2 rings (SSSR count). The van der Waals surface area contributed by atoms with Crippen molar-refractivity contribution in [3.8, 4) is 0 Å². The maximum Gasteiger partial charge on any atom is 0.228 e. The molecule has 0 bridgehead atoms. The third kappa shape index (κ3) is 1.99. The standard InChI is InChI=1S/C11H15N3O/c1-8(12)9-4-5-10(13-7-9)14-6-2-3-11(14)15/h4-5,7-8H,2-3,6,12H2,1H3. The second-order valence-electron chi connectivity index (χ2n) is 3.89. The van der Waals surface area contributed by atoms with Crippen molar-refractivity contribution in [3.05, 3.63) is 23.9 Å². The highest BCUT2D eigenvalue weighted by Gasteiger charge is 2.22. The normalized spacial score (nSPS) is 18.3. The van der Waals surface area contributed by atoms with Crippen molar-refractivity contribution in [2.24, 2.45) is 5.73 Å². The van der Waals surface area contributed by atoms with Gasteiger partial charge < -0.3 is 5.73 Å². The van der Waals surface area contributed by atoms with E-state index >= 15 is 0 Å². The van der Waals surface area contributed by atoms with Crippen molar-refractivity contribution >= 4 is 11.7 Å². The van der Waals surface area contributed by atoms with Crippen LogP contribution in [0.15, 0.2) is 18.3 Å². The summed E-state index contributed by atoms with van der Waals surface area (Å²) >= 11 is 0. The van der Waals surface area contributed by atoms with Gasteiger partial charge in [0.25, 0.3) is 0 Å². The molecule has 0 saturated carbocycles. The number of nitrogens with two attached hydrogens (primary N) is 1. The van der Waals surface area contributed by atoms with Gasteiger partial charge in [0, 0.05) is 25.2 Å². The van der Waals surface area contributed by atoms with E-state index in [4.69, 9.17) is 5.73 Å². The molecule has 1 atom stereocenters. The molecule has 0 aromatic carbocycles. The fourth-order valence-corrected chi connectivity index (χ4v) is 1.72. The summed E-state index contributed by atoms with van der Waals surface area (Å²) in [6, 6.07) is 3.78. The molecule has 0 spiro atoms. The van der Waals surface area contributed by atoms with E-state index in [1.54, 1.807) is 11.1 Å². The molecule has 80 valence electrons. The third-order valence-electron chi connectivity index (χ3n) is 2.65. The fraction of sp³-hybridized carbons (Fsp3) is 0.455. The molecule has 1 aliphatic rings. The highest BCUT2D eigenvalue weighted by atomic mass is 16.2. The first-order chi connectivity index (χ1) is 7.18. The van der Waals surface area contributed by atoms with Crippen LogP contribution in [0.2, 0.25) is 0 Å². The van der Waals surface area contributed by atoms with Crippen LogP contribution in [0, 0.1) is 0 Å². The van der Waals surface area contributed by atoms with Crippen LogP contribution in [0.5, 0.6) is 0 Å². The topological polar surface area (TPSA) is 59.2 Å². The van der Waals surface area contributed by atoms with E-state index in [0.29, 0.717) is 6.42 Å². The Balaban J connectivity index is 2.19. The summed E-state index contributed by atoms with van der Waals surface area (Å²) < 4.78 is 0. The van der Waals surface area contributed by atoms with Crippen molar-refractivity contribution in [3.63, 3.8) is 0 Å². The Kier molecular flexibility index (Phi) is 2.68. The minimum absolute atomic E-state index is 0.0131. The lowest BCUT2D eigenvalue weighted by Gasteiger charge is -2.15. The van der Waals surface area contributed by atoms with Gasteiger partial charge in [-0.1, -0.05) is 6.07 Å². The van der Waals surface area contributed by atoms with E-state index in [-0.39, 0.29) is 11.9 Å². The molecule has 1 saturated heterocycles. The van der Waals surface area contributed by atoms with Gasteiger partial charge in [-0.3, -0.25) is 9.69 Å². The Morgan fingerprint density at radius 3 is 2.80 bits per heavy atom. The van der Waals surface area contributed by atoms with Crippen LogP contribution in [0.1, 0.15) is 31.4 Å². The lowest BCUT2D eigenvalue weighted by Crippen LogP contribution is -2.24. The second-order valence-corrected chi connectivity index (χ2v) is 3.89. The van der Waals surface area contributed by atoms with Gasteiger partial charge in [0.2, 0.25) is 5.91 Å². The van der Waals surface area contributed by atoms with Crippen LogP contribution in [-0.4, -0.2) is 17.4 Å². The van der Waals surface area contributed by atoms with Gasteiger partial charge in [0.1, 0.15) is 5.82 Å². The number of rotatable bonds is 2. The summed E-state index contributed by atoms with van der Waals surface area (Å²) in [6.07, 6.45) is 3.30.